The summed E-state index contributed by atoms with van der Waals surface area (Å²) >= 11 is 0. The normalized spacial score (nSPS) is 24.4. The van der Waals surface area contributed by atoms with Crippen LogP contribution in [-0.2, 0) is 9.84 Å². The standard InChI is InChI=1S/C10H17NO2S/c1-8(2)10(7-11)9-3-5-14(12,13)6-4-9/h8-10H,3-6H2,1-2H3. The molecule has 0 saturated carbocycles. The van der Waals surface area contributed by atoms with Crippen LogP contribution in [0.25, 0.3) is 0 Å². The van der Waals surface area contributed by atoms with Crippen molar-refractivity contribution >= 4 is 9.84 Å². The van der Waals surface area contributed by atoms with E-state index in [4.69, 9.17) is 5.26 Å². The second kappa shape index (κ2) is 4.31. The Balaban J connectivity index is 2.62. The van der Waals surface area contributed by atoms with Crippen LogP contribution in [0.4, 0.5) is 0 Å². The fourth-order valence-electron chi connectivity index (χ4n) is 2.07. The molecule has 1 fully saturated rings. The molecule has 0 aliphatic carbocycles. The topological polar surface area (TPSA) is 57.9 Å². The second-order valence-electron chi connectivity index (χ2n) is 4.39. The highest BCUT2D eigenvalue weighted by atomic mass is 32.2. The highest BCUT2D eigenvalue weighted by molar-refractivity contribution is 7.91. The molecule has 4 heteroatoms. The maximum absolute atomic E-state index is 11.2. The summed E-state index contributed by atoms with van der Waals surface area (Å²) < 4.78 is 22.4. The van der Waals surface area contributed by atoms with Crippen LogP contribution in [-0.4, -0.2) is 19.9 Å². The van der Waals surface area contributed by atoms with Gasteiger partial charge in [-0.15, -0.1) is 0 Å². The Bertz CT molecular complexity index is 313. The average molecular weight is 215 g/mol. The van der Waals surface area contributed by atoms with E-state index in [1.54, 1.807) is 0 Å². The van der Waals surface area contributed by atoms with Crippen molar-refractivity contribution in [3.8, 4) is 6.07 Å². The fraction of sp³-hybridized carbons (Fsp3) is 0.900. The van der Waals surface area contributed by atoms with Gasteiger partial charge in [0.1, 0.15) is 9.84 Å². The minimum Gasteiger partial charge on any atom is -0.229 e. The van der Waals surface area contributed by atoms with Gasteiger partial charge in [-0.25, -0.2) is 8.42 Å². The third-order valence-electron chi connectivity index (χ3n) is 2.97. The van der Waals surface area contributed by atoms with Crippen LogP contribution in [0.15, 0.2) is 0 Å². The summed E-state index contributed by atoms with van der Waals surface area (Å²) in [4.78, 5) is 0. The van der Waals surface area contributed by atoms with Gasteiger partial charge >= 0.3 is 0 Å². The van der Waals surface area contributed by atoms with Gasteiger partial charge in [0.25, 0.3) is 0 Å². The Morgan fingerprint density at radius 3 is 2.14 bits per heavy atom. The Kier molecular flexibility index (Phi) is 3.54. The van der Waals surface area contributed by atoms with Gasteiger partial charge in [0.05, 0.1) is 23.5 Å². The van der Waals surface area contributed by atoms with Crippen LogP contribution in [0.3, 0.4) is 0 Å². The lowest BCUT2D eigenvalue weighted by molar-refractivity contribution is 0.297. The van der Waals surface area contributed by atoms with Gasteiger partial charge in [0, 0.05) is 0 Å². The van der Waals surface area contributed by atoms with Crippen LogP contribution in [0, 0.1) is 29.1 Å². The van der Waals surface area contributed by atoms with Crippen molar-refractivity contribution in [1.29, 1.82) is 5.26 Å². The van der Waals surface area contributed by atoms with Gasteiger partial charge in [-0.2, -0.15) is 5.26 Å². The van der Waals surface area contributed by atoms with E-state index in [9.17, 15) is 8.42 Å². The minimum absolute atomic E-state index is 0.0190. The summed E-state index contributed by atoms with van der Waals surface area (Å²) in [6, 6.07) is 2.30. The monoisotopic (exact) mass is 215 g/mol. The van der Waals surface area contributed by atoms with E-state index < -0.39 is 9.84 Å². The molecule has 1 heterocycles. The summed E-state index contributed by atoms with van der Waals surface area (Å²) in [6.07, 6.45) is 1.33. The zero-order valence-corrected chi connectivity index (χ0v) is 9.55. The Hall–Kier alpha value is -0.560. The summed E-state index contributed by atoms with van der Waals surface area (Å²) in [7, 11) is -2.79. The molecule has 80 valence electrons. The molecular formula is C10H17NO2S. The van der Waals surface area contributed by atoms with Gasteiger partial charge in [-0.3, -0.25) is 0 Å². The molecule has 1 unspecified atom stereocenters. The molecule has 0 radical (unpaired) electrons. The molecule has 0 aromatic rings. The van der Waals surface area contributed by atoms with E-state index in [-0.39, 0.29) is 23.3 Å². The third-order valence-corrected chi connectivity index (χ3v) is 4.69. The lowest BCUT2D eigenvalue weighted by atomic mass is 9.81. The molecule has 1 aliphatic heterocycles. The molecule has 1 atom stereocenters. The van der Waals surface area contributed by atoms with Gasteiger partial charge in [-0.1, -0.05) is 13.8 Å². The first kappa shape index (κ1) is 11.5. The number of hydrogen-bond donors (Lipinski definition) is 0. The number of sulfone groups is 1. The van der Waals surface area contributed by atoms with E-state index in [0.29, 0.717) is 18.8 Å². The maximum atomic E-state index is 11.2. The highest BCUT2D eigenvalue weighted by Gasteiger charge is 2.30. The van der Waals surface area contributed by atoms with Crippen LogP contribution in [0.5, 0.6) is 0 Å². The number of rotatable bonds is 2. The van der Waals surface area contributed by atoms with E-state index in [2.05, 4.69) is 6.07 Å². The molecule has 1 rings (SSSR count). The lowest BCUT2D eigenvalue weighted by Gasteiger charge is -2.27. The van der Waals surface area contributed by atoms with E-state index in [1.807, 2.05) is 13.8 Å². The van der Waals surface area contributed by atoms with Gasteiger partial charge < -0.3 is 0 Å². The van der Waals surface area contributed by atoms with Crippen LogP contribution >= 0.6 is 0 Å². The van der Waals surface area contributed by atoms with E-state index in [0.717, 1.165) is 0 Å². The second-order valence-corrected chi connectivity index (χ2v) is 6.69. The predicted molar refractivity (Wildman–Crippen MR) is 55.3 cm³/mol. The highest BCUT2D eigenvalue weighted by Crippen LogP contribution is 2.30. The molecule has 0 aromatic carbocycles. The van der Waals surface area contributed by atoms with Gasteiger partial charge in [0.2, 0.25) is 0 Å². The lowest BCUT2D eigenvalue weighted by Crippen LogP contribution is -2.29. The number of nitrogens with zero attached hydrogens (tertiary/aromatic N) is 1. The Morgan fingerprint density at radius 2 is 1.79 bits per heavy atom. The third kappa shape index (κ3) is 2.71. The van der Waals surface area contributed by atoms with Crippen molar-refractivity contribution < 1.29 is 8.42 Å². The average Bonchev–Trinajstić information content (AvgIpc) is 2.08. The summed E-state index contributed by atoms with van der Waals surface area (Å²) in [5.74, 6) is 1.16. The molecule has 0 amide bonds. The van der Waals surface area contributed by atoms with Crippen LogP contribution < -0.4 is 0 Å². The van der Waals surface area contributed by atoms with Crippen LogP contribution in [0.2, 0.25) is 0 Å². The number of nitriles is 1. The van der Waals surface area contributed by atoms with Crippen molar-refractivity contribution in [2.45, 2.75) is 26.7 Å². The molecule has 0 bridgehead atoms. The molecule has 0 N–H and O–H groups in total. The fourth-order valence-corrected chi connectivity index (χ4v) is 3.59. The van der Waals surface area contributed by atoms with Crippen molar-refractivity contribution in [1.82, 2.24) is 0 Å². The Morgan fingerprint density at radius 1 is 1.29 bits per heavy atom. The van der Waals surface area contributed by atoms with Crippen molar-refractivity contribution in [3.05, 3.63) is 0 Å². The zero-order chi connectivity index (χ0) is 10.8. The molecule has 0 spiro atoms. The molecule has 0 aromatic heterocycles. The first-order valence-corrected chi connectivity index (χ1v) is 6.88. The SMILES string of the molecule is CC(C)C(C#N)C1CCS(=O)(=O)CC1. The van der Waals surface area contributed by atoms with E-state index >= 15 is 0 Å². The van der Waals surface area contributed by atoms with Crippen molar-refractivity contribution in [2.24, 2.45) is 17.8 Å². The summed E-state index contributed by atoms with van der Waals surface area (Å²) in [5, 5.41) is 8.98. The minimum atomic E-state index is -2.79. The largest absolute Gasteiger partial charge is 0.229 e. The predicted octanol–water partition coefficient (Wildman–Crippen LogP) is 1.61. The first-order chi connectivity index (χ1) is 6.46. The number of hydrogen-bond acceptors (Lipinski definition) is 3. The maximum Gasteiger partial charge on any atom is 0.150 e. The molecule has 14 heavy (non-hydrogen) atoms. The van der Waals surface area contributed by atoms with Crippen molar-refractivity contribution in [3.63, 3.8) is 0 Å². The molecular weight excluding hydrogens is 198 g/mol. The first-order valence-electron chi connectivity index (χ1n) is 5.06. The Labute approximate surface area is 86.0 Å². The quantitative estimate of drug-likeness (QED) is 0.703. The van der Waals surface area contributed by atoms with Gasteiger partial charge in [-0.05, 0) is 24.7 Å². The van der Waals surface area contributed by atoms with E-state index in [1.165, 1.54) is 0 Å². The molecule has 1 saturated heterocycles. The smallest absolute Gasteiger partial charge is 0.150 e. The molecule has 1 aliphatic rings. The van der Waals surface area contributed by atoms with Gasteiger partial charge in [0.15, 0.2) is 0 Å². The summed E-state index contributed by atoms with van der Waals surface area (Å²) in [5.41, 5.74) is 0. The van der Waals surface area contributed by atoms with Crippen molar-refractivity contribution in [2.75, 3.05) is 11.5 Å². The zero-order valence-electron chi connectivity index (χ0n) is 8.73. The van der Waals surface area contributed by atoms with Crippen LogP contribution in [0.1, 0.15) is 26.7 Å². The molecule has 3 nitrogen and oxygen atoms in total. The summed E-state index contributed by atoms with van der Waals surface area (Å²) in [6.45, 7) is 4.05.